The molecular weight excluding hydrogens is 551 g/mol. The summed E-state index contributed by atoms with van der Waals surface area (Å²) in [5.41, 5.74) is 9.02. The molecule has 0 heterocycles. The fourth-order valence-corrected chi connectivity index (χ4v) is 4.89. The van der Waals surface area contributed by atoms with Gasteiger partial charge in [-0.1, -0.05) is 107 Å². The summed E-state index contributed by atoms with van der Waals surface area (Å²) in [4.78, 5) is 13.9. The van der Waals surface area contributed by atoms with Gasteiger partial charge >= 0.3 is 6.18 Å². The van der Waals surface area contributed by atoms with Crippen LogP contribution in [-0.4, -0.2) is 5.78 Å². The molecule has 6 heteroatoms. The minimum absolute atomic E-state index is 0.00479. The van der Waals surface area contributed by atoms with E-state index in [4.69, 9.17) is 5.73 Å². The number of benzene rings is 5. The molecule has 0 amide bonds. The monoisotopic (exact) mass is 571 g/mol. The van der Waals surface area contributed by atoms with Crippen LogP contribution in [0.4, 0.5) is 18.9 Å². The van der Waals surface area contributed by atoms with Gasteiger partial charge in [-0.2, -0.15) is 13.2 Å². The number of ketones is 1. The highest BCUT2D eigenvalue weighted by molar-refractivity contribution is 9.10. The molecule has 0 unspecified atom stereocenters. The Morgan fingerprint density at radius 3 is 1.84 bits per heavy atom. The van der Waals surface area contributed by atoms with E-state index in [9.17, 15) is 18.0 Å². The van der Waals surface area contributed by atoms with Gasteiger partial charge in [0.1, 0.15) is 0 Å². The molecule has 0 bridgehead atoms. The van der Waals surface area contributed by atoms with E-state index in [1.807, 2.05) is 54.6 Å². The molecule has 0 radical (unpaired) electrons. The first-order chi connectivity index (χ1) is 18.3. The van der Waals surface area contributed by atoms with Gasteiger partial charge in [0.2, 0.25) is 0 Å². The van der Waals surface area contributed by atoms with Crippen LogP contribution in [0.1, 0.15) is 21.5 Å². The fraction of sp³-hybridized carbons (Fsp3) is 0.0312. The second-order valence-corrected chi connectivity index (χ2v) is 9.66. The molecule has 0 saturated heterocycles. The van der Waals surface area contributed by atoms with Crippen LogP contribution in [0.3, 0.4) is 0 Å². The number of anilines is 1. The maximum Gasteiger partial charge on any atom is 0.417 e. The lowest BCUT2D eigenvalue weighted by Crippen LogP contribution is -2.12. The van der Waals surface area contributed by atoms with Crippen molar-refractivity contribution in [2.45, 2.75) is 6.18 Å². The van der Waals surface area contributed by atoms with Crippen LogP contribution >= 0.6 is 15.9 Å². The van der Waals surface area contributed by atoms with E-state index in [2.05, 4.69) is 15.9 Å². The normalized spacial score (nSPS) is 11.4. The van der Waals surface area contributed by atoms with Crippen LogP contribution < -0.4 is 5.73 Å². The summed E-state index contributed by atoms with van der Waals surface area (Å²) < 4.78 is 43.4. The maximum absolute atomic E-state index is 14.2. The Morgan fingerprint density at radius 2 is 1.21 bits per heavy atom. The fourth-order valence-electron chi connectivity index (χ4n) is 4.62. The number of nitrogens with two attached hydrogens (primary N) is 1. The molecule has 0 saturated carbocycles. The number of hydrogen-bond donors (Lipinski definition) is 1. The molecule has 0 aliphatic rings. The third-order valence-electron chi connectivity index (χ3n) is 6.37. The van der Waals surface area contributed by atoms with Crippen molar-refractivity contribution in [3.05, 3.63) is 136 Å². The van der Waals surface area contributed by atoms with Gasteiger partial charge in [0.05, 0.1) is 16.8 Å². The van der Waals surface area contributed by atoms with E-state index in [1.165, 1.54) is 12.1 Å². The van der Waals surface area contributed by atoms with Gasteiger partial charge in [-0.15, -0.1) is 0 Å². The van der Waals surface area contributed by atoms with E-state index >= 15 is 0 Å². The van der Waals surface area contributed by atoms with E-state index in [0.717, 1.165) is 10.5 Å². The van der Waals surface area contributed by atoms with Crippen LogP contribution in [0.2, 0.25) is 0 Å². The van der Waals surface area contributed by atoms with Crippen molar-refractivity contribution >= 4 is 27.4 Å². The van der Waals surface area contributed by atoms with Gasteiger partial charge in [-0.3, -0.25) is 4.79 Å². The minimum Gasteiger partial charge on any atom is -0.398 e. The van der Waals surface area contributed by atoms with E-state index < -0.39 is 11.7 Å². The summed E-state index contributed by atoms with van der Waals surface area (Å²) in [7, 11) is 0. The van der Waals surface area contributed by atoms with Crippen molar-refractivity contribution in [1.82, 2.24) is 0 Å². The van der Waals surface area contributed by atoms with E-state index in [0.29, 0.717) is 27.8 Å². The molecular formula is C32H21BrF3NO. The predicted molar refractivity (Wildman–Crippen MR) is 150 cm³/mol. The summed E-state index contributed by atoms with van der Waals surface area (Å²) in [6, 6.07) is 32.2. The number of nitrogen functional groups attached to an aromatic ring is 1. The van der Waals surface area contributed by atoms with Gasteiger partial charge in [-0.05, 0) is 52.1 Å². The standard InChI is InChI=1S/C32H21BrF3NO/c33-23-17-15-21(16-18-23)26-19-25(20-9-3-1-4-10-20)28(24-13-7-8-14-27(24)32(34,35)36)30(37)29(26)31(38)22-11-5-2-6-12-22/h1-19H,37H2. The van der Waals surface area contributed by atoms with Gasteiger partial charge < -0.3 is 5.73 Å². The van der Waals surface area contributed by atoms with Gasteiger partial charge in [0.25, 0.3) is 0 Å². The number of rotatable bonds is 5. The molecule has 0 aromatic heterocycles. The van der Waals surface area contributed by atoms with Crippen LogP contribution in [0.25, 0.3) is 33.4 Å². The number of halogens is 4. The number of carbonyl (C=O) groups excluding carboxylic acids is 1. The minimum atomic E-state index is -4.62. The van der Waals surface area contributed by atoms with Gasteiger partial charge in [0, 0.05) is 15.6 Å². The summed E-state index contributed by atoms with van der Waals surface area (Å²) in [6.07, 6.45) is -4.62. The van der Waals surface area contributed by atoms with Crippen molar-refractivity contribution in [3.63, 3.8) is 0 Å². The molecule has 5 aromatic rings. The first-order valence-electron chi connectivity index (χ1n) is 11.8. The molecule has 0 atom stereocenters. The molecule has 2 N–H and O–H groups in total. The molecule has 5 rings (SSSR count). The third kappa shape index (κ3) is 4.87. The summed E-state index contributed by atoms with van der Waals surface area (Å²) in [6.45, 7) is 0. The van der Waals surface area contributed by atoms with Gasteiger partial charge in [0.15, 0.2) is 5.78 Å². The number of hydrogen-bond acceptors (Lipinski definition) is 2. The molecule has 0 aliphatic heterocycles. The smallest absolute Gasteiger partial charge is 0.398 e. The van der Waals surface area contributed by atoms with Gasteiger partial charge in [-0.25, -0.2) is 0 Å². The molecule has 2 nitrogen and oxygen atoms in total. The highest BCUT2D eigenvalue weighted by atomic mass is 79.9. The lowest BCUT2D eigenvalue weighted by Gasteiger charge is -2.23. The zero-order chi connectivity index (χ0) is 26.9. The number of alkyl halides is 3. The van der Waals surface area contributed by atoms with Crippen LogP contribution in [-0.2, 0) is 6.18 Å². The van der Waals surface area contributed by atoms with Crippen LogP contribution in [0.15, 0.2) is 120 Å². The Labute approximate surface area is 226 Å². The van der Waals surface area contributed by atoms with E-state index in [1.54, 1.807) is 42.5 Å². The topological polar surface area (TPSA) is 43.1 Å². The molecule has 188 valence electrons. The number of carbonyl (C=O) groups is 1. The molecule has 38 heavy (non-hydrogen) atoms. The van der Waals surface area contributed by atoms with Crippen molar-refractivity contribution in [1.29, 1.82) is 0 Å². The summed E-state index contributed by atoms with van der Waals surface area (Å²) >= 11 is 3.44. The lowest BCUT2D eigenvalue weighted by atomic mass is 9.82. The highest BCUT2D eigenvalue weighted by Crippen LogP contribution is 2.47. The highest BCUT2D eigenvalue weighted by Gasteiger charge is 2.35. The summed E-state index contributed by atoms with van der Waals surface area (Å²) in [5, 5.41) is 0. The average molecular weight is 572 g/mol. The molecule has 0 fully saturated rings. The van der Waals surface area contributed by atoms with Crippen molar-refractivity contribution in [2.75, 3.05) is 5.73 Å². The maximum atomic E-state index is 14.2. The van der Waals surface area contributed by atoms with Crippen LogP contribution in [0.5, 0.6) is 0 Å². The van der Waals surface area contributed by atoms with Crippen molar-refractivity contribution in [2.24, 2.45) is 0 Å². The Morgan fingerprint density at radius 1 is 0.658 bits per heavy atom. The van der Waals surface area contributed by atoms with E-state index in [-0.39, 0.29) is 28.2 Å². The summed E-state index contributed by atoms with van der Waals surface area (Å²) in [5.74, 6) is -0.369. The first-order valence-corrected chi connectivity index (χ1v) is 12.6. The largest absolute Gasteiger partial charge is 0.417 e. The molecule has 0 spiro atoms. The van der Waals surface area contributed by atoms with Crippen molar-refractivity contribution in [3.8, 4) is 33.4 Å². The first kappa shape index (κ1) is 25.5. The SMILES string of the molecule is Nc1c(C(=O)c2ccccc2)c(-c2ccc(Br)cc2)cc(-c2ccccc2)c1-c1ccccc1C(F)(F)F. The zero-order valence-electron chi connectivity index (χ0n) is 20.0. The average Bonchev–Trinajstić information content (AvgIpc) is 2.93. The molecule has 0 aliphatic carbocycles. The predicted octanol–water partition coefficient (Wildman–Crippen LogP) is 9.28. The Hall–Kier alpha value is -4.16. The molecule has 5 aromatic carbocycles. The Bertz CT molecular complexity index is 1610. The van der Waals surface area contributed by atoms with Crippen molar-refractivity contribution < 1.29 is 18.0 Å². The quantitative estimate of drug-likeness (QED) is 0.169. The lowest BCUT2D eigenvalue weighted by molar-refractivity contribution is -0.137. The Balaban J connectivity index is 1.92. The third-order valence-corrected chi connectivity index (χ3v) is 6.90. The van der Waals surface area contributed by atoms with Crippen LogP contribution in [0, 0.1) is 0 Å². The second kappa shape index (κ2) is 10.3. The second-order valence-electron chi connectivity index (χ2n) is 8.75. The Kier molecular flexibility index (Phi) is 6.91. The zero-order valence-corrected chi connectivity index (χ0v) is 21.6.